The number of ether oxygens (including phenoxy) is 1. The molecule has 0 unspecified atom stereocenters. The summed E-state index contributed by atoms with van der Waals surface area (Å²) >= 11 is 0. The van der Waals surface area contributed by atoms with Crippen LogP contribution in [0.5, 0.6) is 5.75 Å². The van der Waals surface area contributed by atoms with Crippen molar-refractivity contribution >= 4 is 21.9 Å². The summed E-state index contributed by atoms with van der Waals surface area (Å²) in [5, 5.41) is 10.3. The number of nitrogens with one attached hydrogen (secondary N) is 1. The Balaban J connectivity index is 1.45. The lowest BCUT2D eigenvalue weighted by Gasteiger charge is -2.30. The van der Waals surface area contributed by atoms with Gasteiger partial charge in [-0.2, -0.15) is 4.31 Å². The number of carbonyl (C=O) groups is 1. The zero-order valence-electron chi connectivity index (χ0n) is 17.8. The van der Waals surface area contributed by atoms with Gasteiger partial charge < -0.3 is 9.15 Å². The summed E-state index contributed by atoms with van der Waals surface area (Å²) in [5.41, 5.74) is 0.927. The van der Waals surface area contributed by atoms with Crippen LogP contribution in [0, 0.1) is 5.92 Å². The molecule has 2 heterocycles. The summed E-state index contributed by atoms with van der Waals surface area (Å²) in [5.74, 6) is 0.720. The Labute approximate surface area is 186 Å². The predicted molar refractivity (Wildman–Crippen MR) is 118 cm³/mol. The number of methoxy groups -OCH3 is 1. The highest BCUT2D eigenvalue weighted by Gasteiger charge is 2.28. The Morgan fingerprint density at radius 2 is 1.97 bits per heavy atom. The number of piperidine rings is 1. The highest BCUT2D eigenvalue weighted by molar-refractivity contribution is 7.89. The Morgan fingerprint density at radius 1 is 1.19 bits per heavy atom. The van der Waals surface area contributed by atoms with Gasteiger partial charge in [0.05, 0.1) is 12.0 Å². The molecule has 168 valence electrons. The quantitative estimate of drug-likeness (QED) is 0.604. The van der Waals surface area contributed by atoms with E-state index in [1.165, 1.54) is 28.6 Å². The molecular weight excluding hydrogens is 432 g/mol. The molecule has 1 aliphatic heterocycles. The van der Waals surface area contributed by atoms with Crippen molar-refractivity contribution in [1.29, 1.82) is 0 Å². The fraction of sp³-hybridized carbons (Fsp3) is 0.318. The highest BCUT2D eigenvalue weighted by Crippen LogP contribution is 2.25. The summed E-state index contributed by atoms with van der Waals surface area (Å²) in [6, 6.07) is 12.9. The summed E-state index contributed by atoms with van der Waals surface area (Å²) in [6.07, 6.45) is 1.88. The minimum absolute atomic E-state index is 0.0631. The average Bonchev–Trinajstić information content (AvgIpc) is 3.27. The minimum atomic E-state index is -3.58. The number of carbonyl (C=O) groups excluding carboxylic acids is 1. The number of nitrogens with zero attached hydrogens (tertiary/aromatic N) is 3. The maximum atomic E-state index is 12.9. The zero-order chi connectivity index (χ0) is 22.7. The minimum Gasteiger partial charge on any atom is -0.497 e. The Kier molecular flexibility index (Phi) is 6.24. The second-order valence-electron chi connectivity index (χ2n) is 7.73. The van der Waals surface area contributed by atoms with Crippen LogP contribution in [-0.4, -0.2) is 49.0 Å². The van der Waals surface area contributed by atoms with Crippen LogP contribution < -0.4 is 10.1 Å². The summed E-state index contributed by atoms with van der Waals surface area (Å²) in [4.78, 5) is 12.7. The molecule has 10 heteroatoms. The summed E-state index contributed by atoms with van der Waals surface area (Å²) < 4.78 is 37.9. The van der Waals surface area contributed by atoms with Crippen molar-refractivity contribution in [3.05, 3.63) is 54.1 Å². The second kappa shape index (κ2) is 9.09. The fourth-order valence-corrected chi connectivity index (χ4v) is 5.21. The third-order valence-electron chi connectivity index (χ3n) is 5.34. The SMILES string of the molecule is COc1cccc(-c2nnc(NC(=O)c3ccc(S(=O)(=O)N4CCC[C@H](C)C4)cc3)o2)c1. The molecule has 4 rings (SSSR count). The molecule has 0 aliphatic carbocycles. The van der Waals surface area contributed by atoms with E-state index in [4.69, 9.17) is 9.15 Å². The van der Waals surface area contributed by atoms with E-state index in [9.17, 15) is 13.2 Å². The number of hydrogen-bond donors (Lipinski definition) is 1. The third-order valence-corrected chi connectivity index (χ3v) is 7.22. The molecule has 0 saturated carbocycles. The molecule has 0 spiro atoms. The molecule has 0 radical (unpaired) electrons. The molecule has 1 saturated heterocycles. The molecule has 0 bridgehead atoms. The van der Waals surface area contributed by atoms with Crippen molar-refractivity contribution < 1.29 is 22.4 Å². The lowest BCUT2D eigenvalue weighted by atomic mass is 10.0. The van der Waals surface area contributed by atoms with Crippen molar-refractivity contribution in [3.63, 3.8) is 0 Å². The molecule has 1 aliphatic rings. The first-order valence-electron chi connectivity index (χ1n) is 10.3. The standard InChI is InChI=1S/C22H24N4O5S/c1-15-5-4-12-26(14-15)32(28,29)19-10-8-16(9-11-19)20(27)23-22-25-24-21(31-22)17-6-3-7-18(13-17)30-2/h3,6-11,13,15H,4-5,12,14H2,1-2H3,(H,23,25,27)/t15-/m0/s1. The number of rotatable bonds is 6. The van der Waals surface area contributed by atoms with Crippen LogP contribution >= 0.6 is 0 Å². The van der Waals surface area contributed by atoms with E-state index >= 15 is 0 Å². The number of aromatic nitrogens is 2. The largest absolute Gasteiger partial charge is 0.497 e. The molecule has 1 amide bonds. The number of benzene rings is 2. The predicted octanol–water partition coefficient (Wildman–Crippen LogP) is 3.42. The number of sulfonamides is 1. The molecule has 3 aromatic rings. The van der Waals surface area contributed by atoms with Gasteiger partial charge in [0, 0.05) is 24.2 Å². The summed E-state index contributed by atoms with van der Waals surface area (Å²) in [7, 11) is -2.02. The van der Waals surface area contributed by atoms with Gasteiger partial charge in [-0.3, -0.25) is 10.1 Å². The Bertz CT molecular complexity index is 1210. The van der Waals surface area contributed by atoms with Crippen LogP contribution in [0.2, 0.25) is 0 Å². The van der Waals surface area contributed by atoms with Gasteiger partial charge in [-0.05, 0) is 61.2 Å². The van der Waals surface area contributed by atoms with Crippen molar-refractivity contribution in [2.75, 3.05) is 25.5 Å². The van der Waals surface area contributed by atoms with Gasteiger partial charge in [0.25, 0.3) is 5.91 Å². The second-order valence-corrected chi connectivity index (χ2v) is 9.67. The molecule has 2 aromatic carbocycles. The normalized spacial score (nSPS) is 17.1. The van der Waals surface area contributed by atoms with E-state index in [1.54, 1.807) is 31.4 Å². The van der Waals surface area contributed by atoms with Crippen molar-refractivity contribution in [2.45, 2.75) is 24.7 Å². The van der Waals surface area contributed by atoms with Gasteiger partial charge >= 0.3 is 6.01 Å². The van der Waals surface area contributed by atoms with E-state index in [1.807, 2.05) is 6.92 Å². The number of anilines is 1. The Hall–Kier alpha value is -3.24. The Morgan fingerprint density at radius 3 is 2.69 bits per heavy atom. The van der Waals surface area contributed by atoms with E-state index in [2.05, 4.69) is 15.5 Å². The maximum absolute atomic E-state index is 12.9. The van der Waals surface area contributed by atoms with Crippen LogP contribution in [0.3, 0.4) is 0 Å². The molecule has 1 fully saturated rings. The monoisotopic (exact) mass is 456 g/mol. The van der Waals surface area contributed by atoms with Gasteiger partial charge in [-0.25, -0.2) is 8.42 Å². The van der Waals surface area contributed by atoms with Gasteiger partial charge in [-0.1, -0.05) is 18.1 Å². The third kappa shape index (κ3) is 4.66. The van der Waals surface area contributed by atoms with Crippen molar-refractivity contribution in [3.8, 4) is 17.2 Å². The van der Waals surface area contributed by atoms with E-state index in [0.717, 1.165) is 12.8 Å². The molecule has 32 heavy (non-hydrogen) atoms. The zero-order valence-corrected chi connectivity index (χ0v) is 18.6. The molecular formula is C22H24N4O5S. The lowest BCUT2D eigenvalue weighted by Crippen LogP contribution is -2.39. The molecule has 1 atom stereocenters. The highest BCUT2D eigenvalue weighted by atomic mass is 32.2. The first-order valence-corrected chi connectivity index (χ1v) is 11.7. The fourth-order valence-electron chi connectivity index (χ4n) is 3.61. The van der Waals surface area contributed by atoms with E-state index < -0.39 is 15.9 Å². The van der Waals surface area contributed by atoms with E-state index in [0.29, 0.717) is 30.3 Å². The smallest absolute Gasteiger partial charge is 0.322 e. The summed E-state index contributed by atoms with van der Waals surface area (Å²) in [6.45, 7) is 3.07. The topological polar surface area (TPSA) is 115 Å². The van der Waals surface area contributed by atoms with Gasteiger partial charge in [0.15, 0.2) is 0 Å². The van der Waals surface area contributed by atoms with Crippen LogP contribution in [-0.2, 0) is 10.0 Å². The van der Waals surface area contributed by atoms with Crippen molar-refractivity contribution in [2.24, 2.45) is 5.92 Å². The number of hydrogen-bond acceptors (Lipinski definition) is 7. The van der Waals surface area contributed by atoms with E-state index in [-0.39, 0.29) is 22.4 Å². The van der Waals surface area contributed by atoms with Gasteiger partial charge in [0.2, 0.25) is 15.9 Å². The average molecular weight is 457 g/mol. The lowest BCUT2D eigenvalue weighted by molar-refractivity contribution is 0.102. The van der Waals surface area contributed by atoms with Crippen LogP contribution in [0.15, 0.2) is 57.8 Å². The molecule has 9 nitrogen and oxygen atoms in total. The van der Waals surface area contributed by atoms with Gasteiger partial charge in [0.1, 0.15) is 5.75 Å². The molecule has 1 aromatic heterocycles. The van der Waals surface area contributed by atoms with Crippen molar-refractivity contribution in [1.82, 2.24) is 14.5 Å². The number of amides is 1. The van der Waals surface area contributed by atoms with Crippen LogP contribution in [0.4, 0.5) is 6.01 Å². The maximum Gasteiger partial charge on any atom is 0.322 e. The first-order chi connectivity index (χ1) is 15.4. The van der Waals surface area contributed by atoms with Crippen LogP contribution in [0.25, 0.3) is 11.5 Å². The van der Waals surface area contributed by atoms with Gasteiger partial charge in [-0.15, -0.1) is 5.10 Å². The first kappa shape index (κ1) is 22.0. The molecule has 1 N–H and O–H groups in total. The van der Waals surface area contributed by atoms with Crippen LogP contribution in [0.1, 0.15) is 30.1 Å².